The van der Waals surface area contributed by atoms with Crippen LogP contribution in [0.4, 0.5) is 11.9 Å². The summed E-state index contributed by atoms with van der Waals surface area (Å²) < 4.78 is 5.17. The lowest BCUT2D eigenvalue weighted by Crippen LogP contribution is -2.41. The molecule has 150 valence electrons. The minimum Gasteiger partial charge on any atom is -0.497 e. The summed E-state index contributed by atoms with van der Waals surface area (Å²) in [5.41, 5.74) is 1.07. The first kappa shape index (κ1) is 18.9. The minimum atomic E-state index is -0.156. The number of benzene rings is 1. The highest BCUT2D eigenvalue weighted by molar-refractivity contribution is 5.91. The van der Waals surface area contributed by atoms with E-state index >= 15 is 0 Å². The second-order valence-corrected chi connectivity index (χ2v) is 6.95. The van der Waals surface area contributed by atoms with Gasteiger partial charge in [0.05, 0.1) is 13.0 Å². The molecule has 0 saturated carbocycles. The number of nitrogens with one attached hydrogen (secondary N) is 2. The molecule has 0 bridgehead atoms. The highest BCUT2D eigenvalue weighted by Gasteiger charge is 2.27. The van der Waals surface area contributed by atoms with Crippen LogP contribution in [-0.4, -0.2) is 51.3 Å². The molecule has 4 rings (SSSR count). The largest absolute Gasteiger partial charge is 0.497 e. The molecule has 2 N–H and O–H groups in total. The average Bonchev–Trinajstić information content (AvgIpc) is 3.21. The van der Waals surface area contributed by atoms with Crippen LogP contribution in [0, 0.1) is 5.92 Å². The van der Waals surface area contributed by atoms with E-state index in [-0.39, 0.29) is 11.8 Å². The van der Waals surface area contributed by atoms with Crippen LogP contribution in [0.3, 0.4) is 0 Å². The van der Waals surface area contributed by atoms with E-state index < -0.39 is 0 Å². The number of carbonyl (C=O) groups excluding carboxylic acids is 1. The van der Waals surface area contributed by atoms with Gasteiger partial charge in [-0.05, 0) is 36.6 Å². The topological polar surface area (TPSA) is 109 Å². The number of anilines is 2. The number of ether oxygens (including phenoxy) is 1. The van der Waals surface area contributed by atoms with E-state index in [9.17, 15) is 4.79 Å². The number of nitrogens with zero attached hydrogens (tertiary/aromatic N) is 5. The van der Waals surface area contributed by atoms with Crippen molar-refractivity contribution >= 4 is 17.8 Å². The summed E-state index contributed by atoms with van der Waals surface area (Å²) in [5.74, 6) is 2.21. The van der Waals surface area contributed by atoms with Gasteiger partial charge in [-0.1, -0.05) is 12.1 Å². The normalized spacial score (nSPS) is 16.4. The number of aromatic amines is 1. The standard InChI is InChI=1S/C20H23N7O2/c1-29-16-7-5-14(6-8-16)12-17-23-19(26-25-17)24-18(28)15-4-2-11-27(13-15)20-21-9-3-10-22-20/h3,5-10,15H,2,4,11-13H2,1H3,(H2,23,24,25,26,28)/t15-/m0/s1. The van der Waals surface area contributed by atoms with Gasteiger partial charge in [0.2, 0.25) is 17.8 Å². The Balaban J connectivity index is 1.34. The smallest absolute Gasteiger partial charge is 0.248 e. The zero-order chi connectivity index (χ0) is 20.1. The maximum atomic E-state index is 12.7. The van der Waals surface area contributed by atoms with Crippen molar-refractivity contribution < 1.29 is 9.53 Å². The molecular formula is C20H23N7O2. The van der Waals surface area contributed by atoms with Crippen LogP contribution in [0.5, 0.6) is 5.75 Å². The maximum Gasteiger partial charge on any atom is 0.248 e. The summed E-state index contributed by atoms with van der Waals surface area (Å²) in [7, 11) is 1.64. The van der Waals surface area contributed by atoms with E-state index in [1.54, 1.807) is 25.6 Å². The fourth-order valence-electron chi connectivity index (χ4n) is 3.41. The number of hydrogen-bond donors (Lipinski definition) is 2. The van der Waals surface area contributed by atoms with E-state index in [1.165, 1.54) is 0 Å². The Kier molecular flexibility index (Phi) is 5.64. The fraction of sp³-hybridized carbons (Fsp3) is 0.350. The van der Waals surface area contributed by atoms with E-state index in [2.05, 4.69) is 30.5 Å². The van der Waals surface area contributed by atoms with Gasteiger partial charge in [0.1, 0.15) is 11.6 Å². The molecule has 0 spiro atoms. The SMILES string of the molecule is COc1ccc(Cc2nc(NC(=O)[C@H]3CCCN(c4ncccn4)C3)n[nH]2)cc1. The number of carbonyl (C=O) groups is 1. The Morgan fingerprint density at radius 1 is 1.28 bits per heavy atom. The van der Waals surface area contributed by atoms with Gasteiger partial charge < -0.3 is 9.64 Å². The lowest BCUT2D eigenvalue weighted by atomic mass is 9.97. The van der Waals surface area contributed by atoms with Crippen molar-refractivity contribution in [2.24, 2.45) is 5.92 Å². The van der Waals surface area contributed by atoms with Crippen LogP contribution >= 0.6 is 0 Å². The summed E-state index contributed by atoms with van der Waals surface area (Å²) in [5, 5.41) is 9.84. The number of aromatic nitrogens is 5. The minimum absolute atomic E-state index is 0.0828. The first-order valence-corrected chi connectivity index (χ1v) is 9.58. The van der Waals surface area contributed by atoms with Crippen LogP contribution in [0.15, 0.2) is 42.7 Å². The van der Waals surface area contributed by atoms with Crippen molar-refractivity contribution in [3.8, 4) is 5.75 Å². The molecular weight excluding hydrogens is 370 g/mol. The van der Waals surface area contributed by atoms with Crippen LogP contribution in [0.1, 0.15) is 24.2 Å². The summed E-state index contributed by atoms with van der Waals surface area (Å²) in [6, 6.07) is 9.54. The van der Waals surface area contributed by atoms with Crippen molar-refractivity contribution in [2.75, 3.05) is 30.4 Å². The average molecular weight is 393 g/mol. The number of piperidine rings is 1. The van der Waals surface area contributed by atoms with Crippen LogP contribution in [0.2, 0.25) is 0 Å². The van der Waals surface area contributed by atoms with Gasteiger partial charge in [0.15, 0.2) is 0 Å². The van der Waals surface area contributed by atoms with E-state index in [1.807, 2.05) is 29.2 Å². The van der Waals surface area contributed by atoms with E-state index in [4.69, 9.17) is 4.74 Å². The lowest BCUT2D eigenvalue weighted by Gasteiger charge is -2.31. The Hall–Kier alpha value is -3.49. The second-order valence-electron chi connectivity index (χ2n) is 6.95. The number of H-pyrrole nitrogens is 1. The number of hydrogen-bond acceptors (Lipinski definition) is 7. The number of methoxy groups -OCH3 is 1. The van der Waals surface area contributed by atoms with Gasteiger partial charge in [0.25, 0.3) is 0 Å². The van der Waals surface area contributed by atoms with Gasteiger partial charge >= 0.3 is 0 Å². The van der Waals surface area contributed by atoms with Crippen molar-refractivity contribution in [2.45, 2.75) is 19.3 Å². The molecule has 1 amide bonds. The van der Waals surface area contributed by atoms with Crippen molar-refractivity contribution in [1.82, 2.24) is 25.1 Å². The second kappa shape index (κ2) is 8.68. The van der Waals surface area contributed by atoms with Crippen LogP contribution in [0.25, 0.3) is 0 Å². The fourth-order valence-corrected chi connectivity index (χ4v) is 3.41. The summed E-state index contributed by atoms with van der Waals surface area (Å²) in [6.45, 7) is 1.43. The number of rotatable bonds is 6. The highest BCUT2D eigenvalue weighted by Crippen LogP contribution is 2.21. The molecule has 29 heavy (non-hydrogen) atoms. The number of amides is 1. The van der Waals surface area contributed by atoms with Crippen molar-refractivity contribution in [3.05, 3.63) is 54.1 Å². The Morgan fingerprint density at radius 2 is 2.07 bits per heavy atom. The third-order valence-corrected chi connectivity index (χ3v) is 4.92. The monoisotopic (exact) mass is 393 g/mol. The molecule has 0 unspecified atom stereocenters. The molecule has 1 aliphatic rings. The molecule has 9 heteroatoms. The predicted molar refractivity (Wildman–Crippen MR) is 108 cm³/mol. The van der Waals surface area contributed by atoms with Gasteiger partial charge in [-0.3, -0.25) is 15.2 Å². The molecule has 2 aromatic heterocycles. The lowest BCUT2D eigenvalue weighted by molar-refractivity contribution is -0.120. The molecule has 9 nitrogen and oxygen atoms in total. The van der Waals surface area contributed by atoms with E-state index in [0.29, 0.717) is 30.7 Å². The Bertz CT molecular complexity index is 943. The van der Waals surface area contributed by atoms with Crippen molar-refractivity contribution in [1.29, 1.82) is 0 Å². The quantitative estimate of drug-likeness (QED) is 0.660. The third kappa shape index (κ3) is 4.68. The molecule has 1 fully saturated rings. The first-order chi connectivity index (χ1) is 14.2. The third-order valence-electron chi connectivity index (χ3n) is 4.92. The molecule has 1 atom stereocenters. The molecule has 3 aromatic rings. The molecule has 1 aromatic carbocycles. The molecule has 0 radical (unpaired) electrons. The van der Waals surface area contributed by atoms with Crippen molar-refractivity contribution in [3.63, 3.8) is 0 Å². The molecule has 1 aliphatic heterocycles. The predicted octanol–water partition coefficient (Wildman–Crippen LogP) is 2.05. The van der Waals surface area contributed by atoms with Gasteiger partial charge in [-0.15, -0.1) is 5.10 Å². The first-order valence-electron chi connectivity index (χ1n) is 9.58. The zero-order valence-electron chi connectivity index (χ0n) is 16.2. The Labute approximate surface area is 168 Å². The summed E-state index contributed by atoms with van der Waals surface area (Å²) >= 11 is 0. The highest BCUT2D eigenvalue weighted by atomic mass is 16.5. The Morgan fingerprint density at radius 3 is 2.83 bits per heavy atom. The summed E-state index contributed by atoms with van der Waals surface area (Å²) in [6.07, 6.45) is 5.74. The van der Waals surface area contributed by atoms with Gasteiger partial charge in [0, 0.05) is 31.9 Å². The molecule has 3 heterocycles. The zero-order valence-corrected chi connectivity index (χ0v) is 16.2. The van der Waals surface area contributed by atoms with Crippen LogP contribution < -0.4 is 15.0 Å². The maximum absolute atomic E-state index is 12.7. The van der Waals surface area contributed by atoms with E-state index in [0.717, 1.165) is 30.7 Å². The molecule has 1 saturated heterocycles. The summed E-state index contributed by atoms with van der Waals surface area (Å²) in [4.78, 5) is 27.7. The molecule has 0 aliphatic carbocycles. The van der Waals surface area contributed by atoms with Crippen LogP contribution in [-0.2, 0) is 11.2 Å². The van der Waals surface area contributed by atoms with Gasteiger partial charge in [-0.2, -0.15) is 4.98 Å². The van der Waals surface area contributed by atoms with Gasteiger partial charge in [-0.25, -0.2) is 9.97 Å².